The average Bonchev–Trinajstić information content (AvgIpc) is 3.20. The quantitative estimate of drug-likeness (QED) is 0.0328. The lowest BCUT2D eigenvalue weighted by Crippen LogP contribution is -3.00. The molecule has 56 heavy (non-hydrogen) atoms. The van der Waals surface area contributed by atoms with E-state index < -0.39 is 0 Å². The molecule has 0 rings (SSSR count). The van der Waals surface area contributed by atoms with Gasteiger partial charge in [0.05, 0.1) is 26.2 Å². The molecular formula is C54H96BrN. The van der Waals surface area contributed by atoms with Crippen LogP contribution in [0.15, 0.2) is 0 Å². The fourth-order valence-corrected chi connectivity index (χ4v) is 7.89. The first-order valence-electron chi connectivity index (χ1n) is 25.0. The van der Waals surface area contributed by atoms with Crippen LogP contribution in [0.2, 0.25) is 0 Å². The van der Waals surface area contributed by atoms with Crippen LogP contribution in [0.1, 0.15) is 272 Å². The lowest BCUT2D eigenvalue weighted by Gasteiger charge is -2.37. The van der Waals surface area contributed by atoms with Gasteiger partial charge in [-0.1, -0.05) is 204 Å². The second-order valence-electron chi connectivity index (χ2n) is 16.9. The lowest BCUT2D eigenvalue weighted by atomic mass is 10.1. The van der Waals surface area contributed by atoms with Crippen LogP contribution in [0.5, 0.6) is 0 Å². The van der Waals surface area contributed by atoms with E-state index in [2.05, 4.69) is 75.1 Å². The van der Waals surface area contributed by atoms with Gasteiger partial charge in [-0.25, -0.2) is 0 Å². The molecule has 0 saturated heterocycles. The SMILES string of the molecule is CCCCCCCCCCCCC#CC#CCCCCCCCCC[N+](CC)(CC)CCCCCCCCCC#CC#CCCCCCCCCCCCC.[Br-]. The van der Waals surface area contributed by atoms with Crippen LogP contribution in [-0.4, -0.2) is 30.7 Å². The Morgan fingerprint density at radius 3 is 0.661 bits per heavy atom. The summed E-state index contributed by atoms with van der Waals surface area (Å²) >= 11 is 0. The molecule has 0 aliphatic carbocycles. The fourth-order valence-electron chi connectivity index (χ4n) is 7.89. The van der Waals surface area contributed by atoms with Crippen molar-refractivity contribution in [3.63, 3.8) is 0 Å². The molecule has 0 atom stereocenters. The van der Waals surface area contributed by atoms with Gasteiger partial charge in [0, 0.05) is 25.7 Å². The summed E-state index contributed by atoms with van der Waals surface area (Å²) in [5.41, 5.74) is 0. The molecule has 1 nitrogen and oxygen atoms in total. The number of hydrogen-bond acceptors (Lipinski definition) is 0. The van der Waals surface area contributed by atoms with Crippen molar-refractivity contribution in [1.29, 1.82) is 0 Å². The Hall–Kier alpha value is -1.32. The molecule has 0 aromatic heterocycles. The van der Waals surface area contributed by atoms with E-state index in [9.17, 15) is 0 Å². The number of rotatable bonds is 40. The summed E-state index contributed by atoms with van der Waals surface area (Å²) in [5, 5.41) is 0. The molecule has 0 spiro atoms. The number of unbranched alkanes of at least 4 members (excludes halogenated alkanes) is 34. The Labute approximate surface area is 365 Å². The van der Waals surface area contributed by atoms with Crippen LogP contribution < -0.4 is 17.0 Å². The Kier molecular flexibility index (Phi) is 50.5. The van der Waals surface area contributed by atoms with E-state index in [0.717, 1.165) is 25.7 Å². The third-order valence-electron chi connectivity index (χ3n) is 12.0. The van der Waals surface area contributed by atoms with Crippen molar-refractivity contribution in [2.75, 3.05) is 26.2 Å². The summed E-state index contributed by atoms with van der Waals surface area (Å²) in [7, 11) is 0. The first-order valence-corrected chi connectivity index (χ1v) is 25.0. The van der Waals surface area contributed by atoms with Gasteiger partial charge in [0.25, 0.3) is 0 Å². The number of halogens is 1. The topological polar surface area (TPSA) is 0 Å². The van der Waals surface area contributed by atoms with E-state index in [1.807, 2.05) is 0 Å². The van der Waals surface area contributed by atoms with Gasteiger partial charge in [0.15, 0.2) is 0 Å². The molecule has 0 saturated carbocycles. The fraction of sp³-hybridized carbons (Fsp3) is 0.852. The van der Waals surface area contributed by atoms with E-state index in [1.54, 1.807) is 0 Å². The first kappa shape index (κ1) is 56.8. The minimum atomic E-state index is 0. The van der Waals surface area contributed by atoms with Gasteiger partial charge in [-0.15, -0.1) is 0 Å². The van der Waals surface area contributed by atoms with E-state index in [4.69, 9.17) is 0 Å². The summed E-state index contributed by atoms with van der Waals surface area (Å²) in [4.78, 5) is 0. The highest BCUT2D eigenvalue weighted by Crippen LogP contribution is 2.17. The van der Waals surface area contributed by atoms with E-state index in [0.29, 0.717) is 0 Å². The van der Waals surface area contributed by atoms with Crippen LogP contribution in [-0.2, 0) is 0 Å². The van der Waals surface area contributed by atoms with Crippen molar-refractivity contribution in [2.45, 2.75) is 272 Å². The monoisotopic (exact) mass is 838 g/mol. The lowest BCUT2D eigenvalue weighted by molar-refractivity contribution is -0.925. The summed E-state index contributed by atoms with van der Waals surface area (Å²) in [6, 6.07) is 0. The Balaban J connectivity index is 0. The number of hydrogen-bond donors (Lipinski definition) is 0. The van der Waals surface area contributed by atoms with Crippen LogP contribution in [0, 0.1) is 47.4 Å². The summed E-state index contributed by atoms with van der Waals surface area (Å²) in [6.45, 7) is 14.8. The smallest absolute Gasteiger partial charge is 0.0786 e. The predicted octanol–water partition coefficient (Wildman–Crippen LogP) is 13.7. The molecule has 324 valence electrons. The Morgan fingerprint density at radius 1 is 0.250 bits per heavy atom. The van der Waals surface area contributed by atoms with Gasteiger partial charge in [0.1, 0.15) is 0 Å². The van der Waals surface area contributed by atoms with Crippen molar-refractivity contribution < 1.29 is 21.5 Å². The highest BCUT2D eigenvalue weighted by atomic mass is 79.9. The van der Waals surface area contributed by atoms with Gasteiger partial charge in [-0.2, -0.15) is 0 Å². The highest BCUT2D eigenvalue weighted by molar-refractivity contribution is 5.26. The molecule has 0 amide bonds. The molecule has 0 heterocycles. The van der Waals surface area contributed by atoms with Crippen molar-refractivity contribution in [3.05, 3.63) is 0 Å². The summed E-state index contributed by atoms with van der Waals surface area (Å²) in [5.74, 6) is 25.5. The highest BCUT2D eigenvalue weighted by Gasteiger charge is 2.21. The second kappa shape index (κ2) is 49.8. The van der Waals surface area contributed by atoms with Gasteiger partial charge in [-0.05, 0) is 88.9 Å². The first-order chi connectivity index (χ1) is 27.2. The zero-order valence-electron chi connectivity index (χ0n) is 38.5. The van der Waals surface area contributed by atoms with Crippen LogP contribution in [0.25, 0.3) is 0 Å². The maximum Gasteiger partial charge on any atom is 0.0786 e. The number of nitrogens with zero attached hydrogens (tertiary/aromatic N) is 1. The molecule has 0 unspecified atom stereocenters. The van der Waals surface area contributed by atoms with E-state index in [-0.39, 0.29) is 17.0 Å². The van der Waals surface area contributed by atoms with Crippen molar-refractivity contribution in [1.82, 2.24) is 0 Å². The maximum absolute atomic E-state index is 3.29. The Bertz CT molecular complexity index is 945. The summed E-state index contributed by atoms with van der Waals surface area (Å²) < 4.78 is 1.33. The molecule has 0 aromatic carbocycles. The van der Waals surface area contributed by atoms with Gasteiger partial charge < -0.3 is 21.5 Å². The summed E-state index contributed by atoms with van der Waals surface area (Å²) in [6.07, 6.45) is 50.9. The minimum Gasteiger partial charge on any atom is -1.00 e. The third-order valence-corrected chi connectivity index (χ3v) is 12.0. The van der Waals surface area contributed by atoms with E-state index in [1.165, 1.54) is 249 Å². The second-order valence-corrected chi connectivity index (χ2v) is 16.9. The molecule has 0 N–H and O–H groups in total. The molecule has 0 aliphatic heterocycles. The van der Waals surface area contributed by atoms with Crippen molar-refractivity contribution >= 4 is 0 Å². The maximum atomic E-state index is 3.29. The normalized spacial score (nSPS) is 10.6. The molecule has 0 aliphatic rings. The molecule has 0 fully saturated rings. The van der Waals surface area contributed by atoms with Gasteiger partial charge >= 0.3 is 0 Å². The van der Waals surface area contributed by atoms with Gasteiger partial charge in [-0.3, -0.25) is 0 Å². The Morgan fingerprint density at radius 2 is 0.446 bits per heavy atom. The molecular weight excluding hydrogens is 743 g/mol. The van der Waals surface area contributed by atoms with Crippen LogP contribution in [0.4, 0.5) is 0 Å². The number of quaternary nitrogens is 1. The predicted molar refractivity (Wildman–Crippen MR) is 249 cm³/mol. The zero-order chi connectivity index (χ0) is 39.9. The van der Waals surface area contributed by atoms with Crippen LogP contribution in [0.3, 0.4) is 0 Å². The molecule has 2 heteroatoms. The average molecular weight is 839 g/mol. The van der Waals surface area contributed by atoms with Crippen molar-refractivity contribution in [2.24, 2.45) is 0 Å². The zero-order valence-corrected chi connectivity index (χ0v) is 40.1. The van der Waals surface area contributed by atoms with E-state index >= 15 is 0 Å². The molecule has 0 aromatic rings. The van der Waals surface area contributed by atoms with Gasteiger partial charge in [0.2, 0.25) is 0 Å². The minimum absolute atomic E-state index is 0. The third kappa shape index (κ3) is 43.8. The largest absolute Gasteiger partial charge is 1.00 e. The molecule has 0 bridgehead atoms. The van der Waals surface area contributed by atoms with Crippen LogP contribution >= 0.6 is 0 Å². The molecule has 0 radical (unpaired) electrons. The standard InChI is InChI=1S/C54H96N.BrH/c1-5-9-11-13-15-17-19-21-23-25-27-29-31-33-35-37-39-41-43-45-47-49-51-53-55(7-3,8-4)54-52-50-48-46-44-42-40-38-36-34-32-30-28-26-24-22-20-18-16-14-12-10-6-2;/h5-28,37-54H2,1-4H3;1H/q+1;/p-1. The van der Waals surface area contributed by atoms with Crippen molar-refractivity contribution in [3.8, 4) is 47.4 Å².